The van der Waals surface area contributed by atoms with Crippen LogP contribution in [0, 0.1) is 5.92 Å². The maximum absolute atomic E-state index is 12.2. The fourth-order valence-corrected chi connectivity index (χ4v) is 4.08. The van der Waals surface area contributed by atoms with Crippen molar-refractivity contribution in [3.8, 4) is 0 Å². The topological polar surface area (TPSA) is 49.4 Å². The van der Waals surface area contributed by atoms with Gasteiger partial charge >= 0.3 is 0 Å². The smallest absolute Gasteiger partial charge is 0.214 e. The second-order valence-corrected chi connectivity index (χ2v) is 7.60. The number of sulfonamides is 1. The molecule has 1 rings (SSSR count). The number of nitrogens with one attached hydrogen (secondary N) is 1. The summed E-state index contributed by atoms with van der Waals surface area (Å²) >= 11 is 0. The van der Waals surface area contributed by atoms with Gasteiger partial charge in [0.2, 0.25) is 10.0 Å². The Morgan fingerprint density at radius 2 is 1.94 bits per heavy atom. The van der Waals surface area contributed by atoms with Gasteiger partial charge in [0.05, 0.1) is 5.75 Å². The fourth-order valence-electron chi connectivity index (χ4n) is 2.50. The summed E-state index contributed by atoms with van der Waals surface area (Å²) in [6, 6.07) is 0.119. The lowest BCUT2D eigenvalue weighted by atomic mass is 9.96. The molecule has 0 aromatic heterocycles. The lowest BCUT2D eigenvalue weighted by Crippen LogP contribution is -2.37. The third kappa shape index (κ3) is 4.86. The summed E-state index contributed by atoms with van der Waals surface area (Å²) in [6.07, 6.45) is 5.00. The maximum atomic E-state index is 12.2. The van der Waals surface area contributed by atoms with Crippen LogP contribution >= 0.6 is 0 Å². The second kappa shape index (κ2) is 7.46. The zero-order valence-electron chi connectivity index (χ0n) is 12.0. The summed E-state index contributed by atoms with van der Waals surface area (Å²) in [5, 5.41) is 3.31. The summed E-state index contributed by atoms with van der Waals surface area (Å²) < 4.78 is 26.0. The van der Waals surface area contributed by atoms with Gasteiger partial charge in [-0.05, 0) is 51.6 Å². The molecule has 0 saturated carbocycles. The third-order valence-corrected chi connectivity index (χ3v) is 6.00. The van der Waals surface area contributed by atoms with Crippen molar-refractivity contribution < 1.29 is 8.42 Å². The SMILES string of the molecule is CCCC(C)N(C)S(=O)(=O)CCC1CCNCC1. The van der Waals surface area contributed by atoms with Crippen LogP contribution in [-0.2, 0) is 10.0 Å². The molecule has 5 heteroatoms. The van der Waals surface area contributed by atoms with Gasteiger partial charge in [-0.3, -0.25) is 0 Å². The minimum atomic E-state index is -3.07. The van der Waals surface area contributed by atoms with E-state index >= 15 is 0 Å². The van der Waals surface area contributed by atoms with Crippen LogP contribution in [0.1, 0.15) is 46.0 Å². The Balaban J connectivity index is 2.42. The monoisotopic (exact) mass is 276 g/mol. The van der Waals surface area contributed by atoms with Gasteiger partial charge in [0, 0.05) is 13.1 Å². The Bertz CT molecular complexity index is 324. The molecule has 0 aromatic carbocycles. The average molecular weight is 276 g/mol. The molecular weight excluding hydrogens is 248 g/mol. The summed E-state index contributed by atoms with van der Waals surface area (Å²) in [5.74, 6) is 0.887. The van der Waals surface area contributed by atoms with Gasteiger partial charge in [-0.2, -0.15) is 0 Å². The van der Waals surface area contributed by atoms with E-state index in [0.717, 1.165) is 45.2 Å². The molecule has 1 heterocycles. The van der Waals surface area contributed by atoms with E-state index in [1.54, 1.807) is 11.4 Å². The molecule has 0 spiro atoms. The van der Waals surface area contributed by atoms with E-state index in [1.807, 2.05) is 6.92 Å². The molecule has 1 saturated heterocycles. The van der Waals surface area contributed by atoms with Crippen molar-refractivity contribution in [1.29, 1.82) is 0 Å². The molecule has 0 amide bonds. The van der Waals surface area contributed by atoms with Gasteiger partial charge in [-0.1, -0.05) is 13.3 Å². The van der Waals surface area contributed by atoms with Crippen LogP contribution in [0.3, 0.4) is 0 Å². The highest BCUT2D eigenvalue weighted by molar-refractivity contribution is 7.89. The fraction of sp³-hybridized carbons (Fsp3) is 1.00. The predicted molar refractivity (Wildman–Crippen MR) is 76.1 cm³/mol. The third-order valence-electron chi connectivity index (χ3n) is 4.01. The van der Waals surface area contributed by atoms with Gasteiger partial charge in [0.15, 0.2) is 0 Å². The summed E-state index contributed by atoms with van der Waals surface area (Å²) in [4.78, 5) is 0. The highest BCUT2D eigenvalue weighted by atomic mass is 32.2. The van der Waals surface area contributed by atoms with Crippen molar-refractivity contribution in [1.82, 2.24) is 9.62 Å². The van der Waals surface area contributed by atoms with Crippen molar-refractivity contribution in [2.75, 3.05) is 25.9 Å². The van der Waals surface area contributed by atoms with Crippen molar-refractivity contribution in [2.45, 2.75) is 52.0 Å². The van der Waals surface area contributed by atoms with E-state index in [1.165, 1.54) is 0 Å². The lowest BCUT2D eigenvalue weighted by Gasteiger charge is -2.26. The normalized spacial score (nSPS) is 20.2. The van der Waals surface area contributed by atoms with Crippen LogP contribution in [-0.4, -0.2) is 44.7 Å². The van der Waals surface area contributed by atoms with Crippen LogP contribution < -0.4 is 5.32 Å². The molecule has 1 aliphatic rings. The molecule has 1 N–H and O–H groups in total. The highest BCUT2D eigenvalue weighted by Crippen LogP contribution is 2.19. The predicted octanol–water partition coefficient (Wildman–Crippen LogP) is 1.83. The van der Waals surface area contributed by atoms with E-state index in [4.69, 9.17) is 0 Å². The molecule has 1 unspecified atom stereocenters. The standard InChI is InChI=1S/C13H28N2O2S/c1-4-5-12(2)15(3)18(16,17)11-8-13-6-9-14-10-7-13/h12-14H,4-11H2,1-3H3. The first kappa shape index (κ1) is 15.9. The Kier molecular flexibility index (Phi) is 6.60. The summed E-state index contributed by atoms with van der Waals surface area (Å²) in [5.41, 5.74) is 0. The first-order chi connectivity index (χ1) is 8.47. The molecule has 0 radical (unpaired) electrons. The number of piperidine rings is 1. The zero-order chi connectivity index (χ0) is 13.6. The van der Waals surface area contributed by atoms with Gasteiger partial charge in [0.25, 0.3) is 0 Å². The summed E-state index contributed by atoms with van der Waals surface area (Å²) in [6.45, 7) is 6.15. The van der Waals surface area contributed by atoms with Crippen molar-refractivity contribution >= 4 is 10.0 Å². The number of nitrogens with zero attached hydrogens (tertiary/aromatic N) is 1. The molecule has 0 bridgehead atoms. The van der Waals surface area contributed by atoms with Crippen LogP contribution in [0.25, 0.3) is 0 Å². The van der Waals surface area contributed by atoms with Crippen LogP contribution in [0.2, 0.25) is 0 Å². The molecule has 4 nitrogen and oxygen atoms in total. The minimum Gasteiger partial charge on any atom is -0.317 e. The molecule has 1 atom stereocenters. The van der Waals surface area contributed by atoms with E-state index in [-0.39, 0.29) is 6.04 Å². The Hall–Kier alpha value is -0.130. The molecule has 0 aromatic rings. The Morgan fingerprint density at radius 1 is 1.33 bits per heavy atom. The number of hydrogen-bond acceptors (Lipinski definition) is 3. The zero-order valence-corrected chi connectivity index (χ0v) is 12.8. The largest absolute Gasteiger partial charge is 0.317 e. The first-order valence-corrected chi connectivity index (χ1v) is 8.74. The lowest BCUT2D eigenvalue weighted by molar-refractivity contribution is 0.349. The average Bonchev–Trinajstić information content (AvgIpc) is 2.37. The quantitative estimate of drug-likeness (QED) is 0.772. The molecule has 0 aliphatic carbocycles. The minimum absolute atomic E-state index is 0.119. The first-order valence-electron chi connectivity index (χ1n) is 7.13. The van der Waals surface area contributed by atoms with E-state index in [0.29, 0.717) is 11.7 Å². The molecule has 18 heavy (non-hydrogen) atoms. The number of hydrogen-bond donors (Lipinski definition) is 1. The van der Waals surface area contributed by atoms with Crippen LogP contribution in [0.15, 0.2) is 0 Å². The summed E-state index contributed by atoms with van der Waals surface area (Å²) in [7, 11) is -1.35. The van der Waals surface area contributed by atoms with Crippen molar-refractivity contribution in [3.05, 3.63) is 0 Å². The van der Waals surface area contributed by atoms with Crippen molar-refractivity contribution in [2.24, 2.45) is 5.92 Å². The molecule has 1 fully saturated rings. The van der Waals surface area contributed by atoms with Gasteiger partial charge < -0.3 is 5.32 Å². The van der Waals surface area contributed by atoms with Gasteiger partial charge in [-0.15, -0.1) is 0 Å². The van der Waals surface area contributed by atoms with Gasteiger partial charge in [0.1, 0.15) is 0 Å². The maximum Gasteiger partial charge on any atom is 0.214 e. The highest BCUT2D eigenvalue weighted by Gasteiger charge is 2.24. The van der Waals surface area contributed by atoms with E-state index in [9.17, 15) is 8.42 Å². The van der Waals surface area contributed by atoms with E-state index in [2.05, 4.69) is 12.2 Å². The second-order valence-electron chi connectivity index (χ2n) is 5.45. The molecule has 1 aliphatic heterocycles. The van der Waals surface area contributed by atoms with Crippen LogP contribution in [0.4, 0.5) is 0 Å². The Morgan fingerprint density at radius 3 is 2.50 bits per heavy atom. The van der Waals surface area contributed by atoms with Crippen molar-refractivity contribution in [3.63, 3.8) is 0 Å². The molecular formula is C13H28N2O2S. The molecule has 108 valence electrons. The van der Waals surface area contributed by atoms with E-state index < -0.39 is 10.0 Å². The van der Waals surface area contributed by atoms with Gasteiger partial charge in [-0.25, -0.2) is 12.7 Å². The number of rotatable bonds is 7. The Labute approximate surface area is 112 Å². The van der Waals surface area contributed by atoms with Crippen LogP contribution in [0.5, 0.6) is 0 Å².